The molecule has 212 valence electrons. The second kappa shape index (κ2) is 9.85. The molecule has 1 heterocycles. The van der Waals surface area contributed by atoms with Crippen molar-refractivity contribution in [1.29, 1.82) is 0 Å². The first-order valence-electron chi connectivity index (χ1n) is 15.3. The Bertz CT molecular complexity index is 1100. The number of aliphatic hydroxyl groups excluding tert-OH is 1. The van der Waals surface area contributed by atoms with Crippen LogP contribution < -0.4 is 0 Å². The highest BCUT2D eigenvalue weighted by Crippen LogP contribution is 2.68. The maximum absolute atomic E-state index is 14.0. The first kappa shape index (κ1) is 27.2. The van der Waals surface area contributed by atoms with Gasteiger partial charge in [-0.25, -0.2) is 8.42 Å². The zero-order valence-corrected chi connectivity index (χ0v) is 24.2. The molecular formula is C32H48O5S. The Hall–Kier alpha value is -0.950. The SMILES string of the molecule is CC12CCC(O)CC1CCC1C2CCC2(C)C(CC(CC3(O)CCOC3)S(=O)(=O)c3ccccc3)CCC12. The van der Waals surface area contributed by atoms with Gasteiger partial charge in [0.25, 0.3) is 0 Å². The number of sulfone groups is 1. The van der Waals surface area contributed by atoms with Crippen molar-refractivity contribution in [2.45, 2.75) is 113 Å². The number of hydrogen-bond acceptors (Lipinski definition) is 5. The third-order valence-corrected chi connectivity index (χ3v) is 14.7. The van der Waals surface area contributed by atoms with Gasteiger partial charge in [0, 0.05) is 13.0 Å². The van der Waals surface area contributed by atoms with E-state index >= 15 is 0 Å². The average molecular weight is 545 g/mol. The van der Waals surface area contributed by atoms with Gasteiger partial charge in [0.2, 0.25) is 0 Å². The number of hydrogen-bond donors (Lipinski definition) is 2. The summed E-state index contributed by atoms with van der Waals surface area (Å²) in [7, 11) is -3.57. The van der Waals surface area contributed by atoms with E-state index in [9.17, 15) is 18.6 Å². The summed E-state index contributed by atoms with van der Waals surface area (Å²) in [6.45, 7) is 5.74. The molecule has 5 aliphatic rings. The summed E-state index contributed by atoms with van der Waals surface area (Å²) in [4.78, 5) is 0.377. The maximum Gasteiger partial charge on any atom is 0.181 e. The molecule has 0 bridgehead atoms. The van der Waals surface area contributed by atoms with Crippen LogP contribution in [-0.2, 0) is 14.6 Å². The fourth-order valence-electron chi connectivity index (χ4n) is 10.4. The van der Waals surface area contributed by atoms with E-state index in [4.69, 9.17) is 4.74 Å². The first-order chi connectivity index (χ1) is 18.1. The Kier molecular flexibility index (Phi) is 7.06. The summed E-state index contributed by atoms with van der Waals surface area (Å²) < 4.78 is 33.5. The second-order valence-electron chi connectivity index (χ2n) is 14.4. The lowest BCUT2D eigenvalue weighted by atomic mass is 9.44. The van der Waals surface area contributed by atoms with Crippen LogP contribution in [0.1, 0.15) is 90.9 Å². The molecule has 10 unspecified atom stereocenters. The van der Waals surface area contributed by atoms with Gasteiger partial charge in [-0.05, 0) is 123 Å². The molecule has 2 N–H and O–H groups in total. The number of aliphatic hydroxyl groups is 2. The molecule has 5 nitrogen and oxygen atoms in total. The summed E-state index contributed by atoms with van der Waals surface area (Å²) in [6, 6.07) is 8.87. The lowest BCUT2D eigenvalue weighted by Gasteiger charge is -2.61. The van der Waals surface area contributed by atoms with Crippen molar-refractivity contribution in [3.8, 4) is 0 Å². The number of benzene rings is 1. The van der Waals surface area contributed by atoms with Crippen molar-refractivity contribution < 1.29 is 23.4 Å². The van der Waals surface area contributed by atoms with Gasteiger partial charge in [0.05, 0.1) is 28.5 Å². The molecule has 4 saturated carbocycles. The minimum atomic E-state index is -3.57. The minimum Gasteiger partial charge on any atom is -0.393 e. The zero-order valence-electron chi connectivity index (χ0n) is 23.4. The van der Waals surface area contributed by atoms with Gasteiger partial charge < -0.3 is 14.9 Å². The molecular weight excluding hydrogens is 496 g/mol. The average Bonchev–Trinajstić information content (AvgIpc) is 3.47. The van der Waals surface area contributed by atoms with Crippen LogP contribution in [-0.4, -0.2) is 48.8 Å². The largest absolute Gasteiger partial charge is 0.393 e. The third kappa shape index (κ3) is 4.50. The Morgan fingerprint density at radius 1 is 0.947 bits per heavy atom. The molecule has 0 radical (unpaired) electrons. The normalized spacial score (nSPS) is 45.7. The van der Waals surface area contributed by atoms with Crippen LogP contribution in [0.5, 0.6) is 0 Å². The van der Waals surface area contributed by atoms with Gasteiger partial charge in [-0.3, -0.25) is 0 Å². The fourth-order valence-corrected chi connectivity index (χ4v) is 12.3. The van der Waals surface area contributed by atoms with E-state index in [2.05, 4.69) is 13.8 Å². The molecule has 10 atom stereocenters. The number of fused-ring (bicyclic) bond motifs is 5. The highest BCUT2D eigenvalue weighted by atomic mass is 32.2. The standard InChI is InChI=1S/C32H48O5S/c1-30-14-12-24(33)18-22(30)8-10-27-28-11-9-23(31(28,2)15-13-29(27)30)19-26(20-32(34)16-17-37-21-32)38(35,36)25-6-4-3-5-7-25/h3-7,22-24,26-29,33-34H,8-21H2,1-2H3. The highest BCUT2D eigenvalue weighted by molar-refractivity contribution is 7.92. The van der Waals surface area contributed by atoms with Crippen LogP contribution in [0.3, 0.4) is 0 Å². The molecule has 5 fully saturated rings. The first-order valence-corrected chi connectivity index (χ1v) is 16.9. The zero-order chi connectivity index (χ0) is 26.8. The van der Waals surface area contributed by atoms with Crippen molar-refractivity contribution in [2.24, 2.45) is 40.4 Å². The van der Waals surface area contributed by atoms with Crippen LogP contribution in [0.4, 0.5) is 0 Å². The van der Waals surface area contributed by atoms with Crippen LogP contribution >= 0.6 is 0 Å². The van der Waals surface area contributed by atoms with Crippen molar-refractivity contribution in [1.82, 2.24) is 0 Å². The molecule has 4 aliphatic carbocycles. The second-order valence-corrected chi connectivity index (χ2v) is 16.6. The number of ether oxygens (including phenoxy) is 1. The smallest absolute Gasteiger partial charge is 0.181 e. The van der Waals surface area contributed by atoms with E-state index in [1.54, 1.807) is 24.3 Å². The van der Waals surface area contributed by atoms with Gasteiger partial charge in [0.15, 0.2) is 9.84 Å². The lowest BCUT2D eigenvalue weighted by Crippen LogP contribution is -2.54. The van der Waals surface area contributed by atoms with E-state index in [-0.39, 0.29) is 24.5 Å². The summed E-state index contributed by atoms with van der Waals surface area (Å²) in [6.07, 6.45) is 11.6. The third-order valence-electron chi connectivity index (χ3n) is 12.6. The fraction of sp³-hybridized carbons (Fsp3) is 0.812. The Morgan fingerprint density at radius 2 is 1.68 bits per heavy atom. The van der Waals surface area contributed by atoms with Crippen LogP contribution in [0.2, 0.25) is 0 Å². The Labute approximate surface area is 229 Å². The molecule has 38 heavy (non-hydrogen) atoms. The minimum absolute atomic E-state index is 0.113. The van der Waals surface area contributed by atoms with E-state index in [0.717, 1.165) is 37.5 Å². The predicted molar refractivity (Wildman–Crippen MR) is 148 cm³/mol. The molecule has 1 aromatic carbocycles. The quantitative estimate of drug-likeness (QED) is 0.474. The molecule has 6 heteroatoms. The van der Waals surface area contributed by atoms with Crippen LogP contribution in [0.15, 0.2) is 35.2 Å². The van der Waals surface area contributed by atoms with E-state index in [1.165, 1.54) is 32.1 Å². The summed E-state index contributed by atoms with van der Waals surface area (Å²) in [5.41, 5.74) is -0.536. The van der Waals surface area contributed by atoms with Crippen LogP contribution in [0.25, 0.3) is 0 Å². The van der Waals surface area contributed by atoms with Gasteiger partial charge in [0.1, 0.15) is 0 Å². The Morgan fingerprint density at radius 3 is 2.42 bits per heavy atom. The molecule has 1 aromatic rings. The van der Waals surface area contributed by atoms with Crippen molar-refractivity contribution >= 4 is 9.84 Å². The molecule has 0 aromatic heterocycles. The number of rotatable bonds is 6. The van der Waals surface area contributed by atoms with Crippen LogP contribution in [0, 0.1) is 40.4 Å². The van der Waals surface area contributed by atoms with Gasteiger partial charge in [-0.2, -0.15) is 0 Å². The van der Waals surface area contributed by atoms with E-state index in [0.29, 0.717) is 47.5 Å². The highest BCUT2D eigenvalue weighted by Gasteiger charge is 2.60. The molecule has 1 aliphatic heterocycles. The van der Waals surface area contributed by atoms with Gasteiger partial charge >= 0.3 is 0 Å². The topological polar surface area (TPSA) is 83.8 Å². The van der Waals surface area contributed by atoms with E-state index in [1.807, 2.05) is 6.07 Å². The molecule has 1 saturated heterocycles. The maximum atomic E-state index is 14.0. The summed E-state index contributed by atoms with van der Waals surface area (Å²) in [5, 5.41) is 21.0. The van der Waals surface area contributed by atoms with Crippen molar-refractivity contribution in [3.05, 3.63) is 30.3 Å². The van der Waals surface area contributed by atoms with Gasteiger partial charge in [-0.15, -0.1) is 0 Å². The predicted octanol–water partition coefficient (Wildman–Crippen LogP) is 5.78. The van der Waals surface area contributed by atoms with E-state index < -0.39 is 20.7 Å². The molecule has 0 spiro atoms. The molecule has 6 rings (SSSR count). The monoisotopic (exact) mass is 544 g/mol. The van der Waals surface area contributed by atoms with Gasteiger partial charge in [-0.1, -0.05) is 32.0 Å². The molecule has 0 amide bonds. The van der Waals surface area contributed by atoms with Crippen molar-refractivity contribution in [2.75, 3.05) is 13.2 Å². The summed E-state index contributed by atoms with van der Waals surface area (Å²) in [5.74, 6) is 3.15. The van der Waals surface area contributed by atoms with Crippen molar-refractivity contribution in [3.63, 3.8) is 0 Å². The Balaban J connectivity index is 1.25. The lowest BCUT2D eigenvalue weighted by molar-refractivity contribution is -0.127. The summed E-state index contributed by atoms with van der Waals surface area (Å²) >= 11 is 0.